The average Bonchev–Trinajstić information content (AvgIpc) is 3.02. The van der Waals surface area contributed by atoms with Gasteiger partial charge < -0.3 is 14.5 Å². The highest BCUT2D eigenvalue weighted by Gasteiger charge is 2.22. The lowest BCUT2D eigenvalue weighted by atomic mass is 10.3. The predicted octanol–water partition coefficient (Wildman–Crippen LogP) is 1.93. The minimum absolute atomic E-state index is 0.550. The first kappa shape index (κ1) is 16.1. The third kappa shape index (κ3) is 2.99. The molecule has 4 rings (SSSR count). The molecule has 25 heavy (non-hydrogen) atoms. The molecule has 3 aromatic heterocycles. The van der Waals surface area contributed by atoms with Crippen molar-refractivity contribution in [3.05, 3.63) is 34.8 Å². The van der Waals surface area contributed by atoms with Crippen molar-refractivity contribution >= 4 is 33.2 Å². The van der Waals surface area contributed by atoms with Crippen molar-refractivity contribution in [2.45, 2.75) is 6.92 Å². The molecule has 0 radical (unpaired) electrons. The summed E-state index contributed by atoms with van der Waals surface area (Å²) in [6, 6.07) is 2.07. The van der Waals surface area contributed by atoms with Crippen LogP contribution in [0.5, 0.6) is 5.88 Å². The van der Waals surface area contributed by atoms with Gasteiger partial charge in [-0.15, -0.1) is 0 Å². The second-order valence-electron chi connectivity index (χ2n) is 5.87. The molecule has 0 unspecified atom stereocenters. The molecule has 0 amide bonds. The summed E-state index contributed by atoms with van der Waals surface area (Å²) in [5.74, 6) is 2.21. The Morgan fingerprint density at radius 1 is 1.12 bits per heavy atom. The fourth-order valence-corrected chi connectivity index (χ4v) is 3.38. The number of nitrogens with zero attached hydrogens (tertiary/aromatic N) is 7. The van der Waals surface area contributed by atoms with E-state index in [2.05, 4.69) is 51.8 Å². The molecule has 0 aliphatic carbocycles. The molecule has 4 heterocycles. The highest BCUT2D eigenvalue weighted by Crippen LogP contribution is 2.25. The monoisotopic (exact) mass is 403 g/mol. The van der Waals surface area contributed by atoms with Gasteiger partial charge in [0.05, 0.1) is 23.5 Å². The third-order valence-corrected chi connectivity index (χ3v) is 4.79. The molecule has 1 aliphatic rings. The number of anilines is 2. The molecule has 0 aromatic carbocycles. The number of hydrogen-bond donors (Lipinski definition) is 0. The summed E-state index contributed by atoms with van der Waals surface area (Å²) >= 11 is 3.39. The smallest absolute Gasteiger partial charge is 0.232 e. The minimum Gasteiger partial charge on any atom is -0.480 e. The van der Waals surface area contributed by atoms with Gasteiger partial charge >= 0.3 is 0 Å². The van der Waals surface area contributed by atoms with Crippen molar-refractivity contribution in [2.24, 2.45) is 0 Å². The zero-order valence-electron chi connectivity index (χ0n) is 14.1. The van der Waals surface area contributed by atoms with Gasteiger partial charge in [0, 0.05) is 38.6 Å². The van der Waals surface area contributed by atoms with E-state index in [0.717, 1.165) is 47.7 Å². The zero-order chi connectivity index (χ0) is 17.4. The molecular weight excluding hydrogens is 386 g/mol. The van der Waals surface area contributed by atoms with Crippen molar-refractivity contribution in [1.82, 2.24) is 24.6 Å². The number of piperazine rings is 1. The van der Waals surface area contributed by atoms with Gasteiger partial charge in [0.15, 0.2) is 5.82 Å². The standard InChI is InChI=1S/C16H18BrN7O/c1-11-9-13-14(18-3-4-24(13)21-11)22-5-7-23(8-6-22)16-19-10-12(17)15(20-16)25-2/h3-4,9-10H,5-8H2,1-2H3. The summed E-state index contributed by atoms with van der Waals surface area (Å²) in [5, 5.41) is 4.46. The van der Waals surface area contributed by atoms with Crippen molar-refractivity contribution in [2.75, 3.05) is 43.1 Å². The van der Waals surface area contributed by atoms with Gasteiger partial charge in [0.25, 0.3) is 0 Å². The molecule has 1 aliphatic heterocycles. The fraction of sp³-hybridized carbons (Fsp3) is 0.375. The SMILES string of the molecule is COc1nc(N2CCN(c3nccn4nc(C)cc34)CC2)ncc1Br. The lowest BCUT2D eigenvalue weighted by Crippen LogP contribution is -2.47. The maximum absolute atomic E-state index is 5.26. The van der Waals surface area contributed by atoms with Crippen molar-refractivity contribution in [3.63, 3.8) is 0 Å². The summed E-state index contributed by atoms with van der Waals surface area (Å²) in [5.41, 5.74) is 2.03. The van der Waals surface area contributed by atoms with Crippen LogP contribution in [0.2, 0.25) is 0 Å². The molecule has 0 N–H and O–H groups in total. The quantitative estimate of drug-likeness (QED) is 0.661. The van der Waals surface area contributed by atoms with Crippen LogP contribution in [0, 0.1) is 6.92 Å². The normalized spacial score (nSPS) is 15.0. The van der Waals surface area contributed by atoms with E-state index < -0.39 is 0 Å². The highest BCUT2D eigenvalue weighted by atomic mass is 79.9. The molecule has 0 atom stereocenters. The number of aryl methyl sites for hydroxylation is 1. The van der Waals surface area contributed by atoms with E-state index in [-0.39, 0.29) is 0 Å². The Bertz CT molecular complexity index is 905. The number of fused-ring (bicyclic) bond motifs is 1. The van der Waals surface area contributed by atoms with Crippen LogP contribution >= 0.6 is 15.9 Å². The van der Waals surface area contributed by atoms with Gasteiger partial charge in [-0.25, -0.2) is 14.5 Å². The van der Waals surface area contributed by atoms with Gasteiger partial charge in [-0.05, 0) is 28.9 Å². The van der Waals surface area contributed by atoms with Crippen LogP contribution in [0.25, 0.3) is 5.52 Å². The fourth-order valence-electron chi connectivity index (χ4n) is 3.03. The van der Waals surface area contributed by atoms with Crippen LogP contribution in [0.15, 0.2) is 29.1 Å². The average molecular weight is 404 g/mol. The number of rotatable bonds is 3. The Labute approximate surface area is 153 Å². The summed E-state index contributed by atoms with van der Waals surface area (Å²) in [4.78, 5) is 17.9. The Hall–Kier alpha value is -2.42. The Kier molecular flexibility index (Phi) is 4.16. The largest absolute Gasteiger partial charge is 0.480 e. The zero-order valence-corrected chi connectivity index (χ0v) is 15.6. The van der Waals surface area contributed by atoms with Crippen LogP contribution in [0.3, 0.4) is 0 Å². The van der Waals surface area contributed by atoms with Gasteiger partial charge in [-0.1, -0.05) is 0 Å². The van der Waals surface area contributed by atoms with E-state index >= 15 is 0 Å². The summed E-state index contributed by atoms with van der Waals surface area (Å²) in [6.07, 6.45) is 5.40. The Morgan fingerprint density at radius 2 is 1.88 bits per heavy atom. The molecule has 8 nitrogen and oxygen atoms in total. The lowest BCUT2D eigenvalue weighted by molar-refractivity contribution is 0.393. The van der Waals surface area contributed by atoms with Crippen molar-refractivity contribution < 1.29 is 4.74 Å². The Morgan fingerprint density at radius 3 is 2.64 bits per heavy atom. The van der Waals surface area contributed by atoms with Gasteiger partial charge in [0.2, 0.25) is 11.8 Å². The van der Waals surface area contributed by atoms with Crippen LogP contribution in [-0.4, -0.2) is 57.9 Å². The second-order valence-corrected chi connectivity index (χ2v) is 6.72. The van der Waals surface area contributed by atoms with Gasteiger partial charge in [-0.2, -0.15) is 10.1 Å². The maximum Gasteiger partial charge on any atom is 0.232 e. The molecular formula is C16H18BrN7O. The maximum atomic E-state index is 5.26. The van der Waals surface area contributed by atoms with Gasteiger partial charge in [-0.3, -0.25) is 0 Å². The first-order valence-corrected chi connectivity index (χ1v) is 8.82. The summed E-state index contributed by atoms with van der Waals surface area (Å²) in [6.45, 7) is 5.32. The molecule has 0 bridgehead atoms. The van der Waals surface area contributed by atoms with Crippen molar-refractivity contribution in [3.8, 4) is 5.88 Å². The summed E-state index contributed by atoms with van der Waals surface area (Å²) in [7, 11) is 1.61. The van der Waals surface area contributed by atoms with Crippen LogP contribution in [-0.2, 0) is 0 Å². The number of methoxy groups -OCH3 is 1. The number of aromatic nitrogens is 5. The van der Waals surface area contributed by atoms with Crippen LogP contribution < -0.4 is 14.5 Å². The predicted molar refractivity (Wildman–Crippen MR) is 98.4 cm³/mol. The molecule has 0 saturated carbocycles. The lowest BCUT2D eigenvalue weighted by Gasteiger charge is -2.35. The molecule has 130 valence electrons. The number of hydrogen-bond acceptors (Lipinski definition) is 7. The number of ether oxygens (including phenoxy) is 1. The van der Waals surface area contributed by atoms with E-state index in [9.17, 15) is 0 Å². The molecule has 3 aromatic rings. The minimum atomic E-state index is 0.550. The van der Waals surface area contributed by atoms with E-state index in [1.165, 1.54) is 0 Å². The summed E-state index contributed by atoms with van der Waals surface area (Å²) < 4.78 is 7.90. The highest BCUT2D eigenvalue weighted by molar-refractivity contribution is 9.10. The third-order valence-electron chi connectivity index (χ3n) is 4.25. The second kappa shape index (κ2) is 6.47. The topological polar surface area (TPSA) is 71.7 Å². The molecule has 0 spiro atoms. The van der Waals surface area contributed by atoms with Crippen LogP contribution in [0.1, 0.15) is 5.69 Å². The van der Waals surface area contributed by atoms with E-state index in [4.69, 9.17) is 4.74 Å². The Balaban J connectivity index is 1.53. The first-order chi connectivity index (χ1) is 12.2. The van der Waals surface area contributed by atoms with Gasteiger partial charge in [0.1, 0.15) is 5.52 Å². The first-order valence-electron chi connectivity index (χ1n) is 8.03. The van der Waals surface area contributed by atoms with Crippen LogP contribution in [0.4, 0.5) is 11.8 Å². The number of halogens is 1. The van der Waals surface area contributed by atoms with E-state index in [1.807, 2.05) is 17.6 Å². The molecule has 1 saturated heterocycles. The molecule has 9 heteroatoms. The van der Waals surface area contributed by atoms with E-state index in [0.29, 0.717) is 11.8 Å². The molecule has 1 fully saturated rings. The van der Waals surface area contributed by atoms with E-state index in [1.54, 1.807) is 19.5 Å². The van der Waals surface area contributed by atoms with Crippen molar-refractivity contribution in [1.29, 1.82) is 0 Å².